The quantitative estimate of drug-likeness (QED) is 0.860. The van der Waals surface area contributed by atoms with Crippen molar-refractivity contribution in [1.82, 2.24) is 15.3 Å². The van der Waals surface area contributed by atoms with Crippen LogP contribution in [0.5, 0.6) is 0 Å². The number of anilines is 1. The van der Waals surface area contributed by atoms with Crippen LogP contribution < -0.4 is 10.6 Å². The highest BCUT2D eigenvalue weighted by molar-refractivity contribution is 5.92. The van der Waals surface area contributed by atoms with E-state index in [2.05, 4.69) is 20.6 Å². The molecule has 0 unspecified atom stereocenters. The van der Waals surface area contributed by atoms with Crippen LogP contribution in [-0.4, -0.2) is 22.4 Å². The zero-order chi connectivity index (χ0) is 16.8. The number of nitrogens with one attached hydrogen (secondary N) is 2. The molecule has 5 nitrogen and oxygen atoms in total. The minimum Gasteiger partial charge on any atom is -0.350 e. The molecule has 1 heterocycles. The first-order valence-electron chi connectivity index (χ1n) is 7.57. The molecule has 0 saturated heterocycles. The van der Waals surface area contributed by atoms with E-state index in [1.807, 2.05) is 13.8 Å². The summed E-state index contributed by atoms with van der Waals surface area (Å²) < 4.78 is 13.6. The van der Waals surface area contributed by atoms with Crippen LogP contribution in [-0.2, 0) is 6.54 Å². The van der Waals surface area contributed by atoms with Gasteiger partial charge in [-0.25, -0.2) is 14.4 Å². The van der Waals surface area contributed by atoms with E-state index in [1.165, 1.54) is 6.07 Å². The summed E-state index contributed by atoms with van der Waals surface area (Å²) in [4.78, 5) is 20.5. The first-order chi connectivity index (χ1) is 11.0. The van der Waals surface area contributed by atoms with E-state index >= 15 is 0 Å². The molecular formula is C17H21FN4O. The smallest absolute Gasteiger partial charge is 0.270 e. The third kappa shape index (κ3) is 5.02. The van der Waals surface area contributed by atoms with E-state index in [0.717, 1.165) is 0 Å². The summed E-state index contributed by atoms with van der Waals surface area (Å²) in [6.07, 6.45) is 0. The first-order valence-corrected chi connectivity index (χ1v) is 7.57. The van der Waals surface area contributed by atoms with Crippen LogP contribution >= 0.6 is 0 Å². The summed E-state index contributed by atoms with van der Waals surface area (Å²) in [5.74, 6) is 0.143. The molecule has 1 amide bonds. The summed E-state index contributed by atoms with van der Waals surface area (Å²) in [6.45, 7) is 6.66. The Bertz CT molecular complexity index is 688. The van der Waals surface area contributed by atoms with E-state index in [4.69, 9.17) is 0 Å². The molecule has 0 saturated carbocycles. The molecule has 0 bridgehead atoms. The van der Waals surface area contributed by atoms with Crippen LogP contribution in [0.2, 0.25) is 0 Å². The molecule has 0 atom stereocenters. The van der Waals surface area contributed by atoms with Gasteiger partial charge in [-0.3, -0.25) is 4.79 Å². The molecule has 0 aliphatic rings. The van der Waals surface area contributed by atoms with Crippen LogP contribution in [0.25, 0.3) is 0 Å². The maximum atomic E-state index is 13.6. The molecule has 0 radical (unpaired) electrons. The summed E-state index contributed by atoms with van der Waals surface area (Å²) in [7, 11) is 0. The molecule has 6 heteroatoms. The minimum atomic E-state index is -0.289. The highest BCUT2D eigenvalue weighted by Crippen LogP contribution is 2.10. The summed E-state index contributed by atoms with van der Waals surface area (Å²) in [5.41, 5.74) is 1.49. The van der Waals surface area contributed by atoms with E-state index in [9.17, 15) is 9.18 Å². The Kier molecular flexibility index (Phi) is 5.62. The number of carbonyl (C=O) groups is 1. The van der Waals surface area contributed by atoms with Crippen molar-refractivity contribution in [2.75, 3.05) is 11.9 Å². The van der Waals surface area contributed by atoms with Crippen LogP contribution in [0.15, 0.2) is 30.3 Å². The molecule has 1 aromatic heterocycles. The number of benzene rings is 1. The summed E-state index contributed by atoms with van der Waals surface area (Å²) in [6, 6.07) is 8.12. The molecule has 0 spiro atoms. The zero-order valence-electron chi connectivity index (χ0n) is 13.6. The predicted molar refractivity (Wildman–Crippen MR) is 87.7 cm³/mol. The Morgan fingerprint density at radius 3 is 2.70 bits per heavy atom. The van der Waals surface area contributed by atoms with Crippen molar-refractivity contribution in [2.45, 2.75) is 27.3 Å². The van der Waals surface area contributed by atoms with Gasteiger partial charge >= 0.3 is 0 Å². The van der Waals surface area contributed by atoms with Crippen molar-refractivity contribution in [3.63, 3.8) is 0 Å². The number of hydrogen-bond acceptors (Lipinski definition) is 4. The monoisotopic (exact) mass is 316 g/mol. The van der Waals surface area contributed by atoms with Crippen molar-refractivity contribution in [1.29, 1.82) is 0 Å². The molecule has 0 fully saturated rings. The van der Waals surface area contributed by atoms with Crippen LogP contribution in [0.4, 0.5) is 10.3 Å². The van der Waals surface area contributed by atoms with Gasteiger partial charge in [-0.15, -0.1) is 0 Å². The van der Waals surface area contributed by atoms with Gasteiger partial charge in [0.15, 0.2) is 0 Å². The standard InChI is InChI=1S/C17H21FN4O/c1-11(2)9-19-16(23)15-8-12(3)21-17(22-15)20-10-13-6-4-5-7-14(13)18/h4-8,11H,9-10H2,1-3H3,(H,19,23)(H,20,21,22). The second-order valence-corrected chi connectivity index (χ2v) is 5.77. The topological polar surface area (TPSA) is 66.9 Å². The fraction of sp³-hybridized carbons (Fsp3) is 0.353. The number of aromatic nitrogens is 2. The largest absolute Gasteiger partial charge is 0.350 e. The lowest BCUT2D eigenvalue weighted by Gasteiger charge is -2.10. The van der Waals surface area contributed by atoms with Crippen LogP contribution in [0.3, 0.4) is 0 Å². The van der Waals surface area contributed by atoms with Gasteiger partial charge in [-0.1, -0.05) is 32.0 Å². The third-order valence-corrected chi connectivity index (χ3v) is 3.15. The van der Waals surface area contributed by atoms with Crippen molar-refractivity contribution in [2.24, 2.45) is 5.92 Å². The van der Waals surface area contributed by atoms with Gasteiger partial charge in [0.2, 0.25) is 5.95 Å². The number of halogens is 1. The fourth-order valence-electron chi connectivity index (χ4n) is 1.97. The van der Waals surface area contributed by atoms with Crippen LogP contribution in [0.1, 0.15) is 35.6 Å². The molecule has 2 N–H and O–H groups in total. The maximum absolute atomic E-state index is 13.6. The summed E-state index contributed by atoms with van der Waals surface area (Å²) in [5, 5.41) is 5.78. The lowest BCUT2D eigenvalue weighted by molar-refractivity contribution is 0.0944. The van der Waals surface area contributed by atoms with Gasteiger partial charge < -0.3 is 10.6 Å². The Morgan fingerprint density at radius 2 is 2.00 bits per heavy atom. The van der Waals surface area contributed by atoms with Crippen molar-refractivity contribution in [3.8, 4) is 0 Å². The number of amides is 1. The summed E-state index contributed by atoms with van der Waals surface area (Å²) >= 11 is 0. The van der Waals surface area contributed by atoms with Gasteiger partial charge in [0.05, 0.1) is 0 Å². The molecular weight excluding hydrogens is 295 g/mol. The normalized spacial score (nSPS) is 10.7. The average Bonchev–Trinajstić information content (AvgIpc) is 2.51. The lowest BCUT2D eigenvalue weighted by Crippen LogP contribution is -2.28. The van der Waals surface area contributed by atoms with Crippen molar-refractivity contribution in [3.05, 3.63) is 53.1 Å². The van der Waals surface area contributed by atoms with Gasteiger partial charge in [-0.2, -0.15) is 0 Å². The van der Waals surface area contributed by atoms with Gasteiger partial charge in [-0.05, 0) is 25.0 Å². The fourth-order valence-corrected chi connectivity index (χ4v) is 1.97. The lowest BCUT2D eigenvalue weighted by atomic mass is 10.2. The van der Waals surface area contributed by atoms with Gasteiger partial charge in [0.25, 0.3) is 5.91 Å². The molecule has 1 aromatic carbocycles. The number of rotatable bonds is 6. The van der Waals surface area contributed by atoms with E-state index in [1.54, 1.807) is 31.2 Å². The number of aryl methyl sites for hydroxylation is 1. The van der Waals surface area contributed by atoms with Gasteiger partial charge in [0, 0.05) is 24.3 Å². The Labute approximate surface area is 135 Å². The SMILES string of the molecule is Cc1cc(C(=O)NCC(C)C)nc(NCc2ccccc2F)n1. The molecule has 122 valence electrons. The Balaban J connectivity index is 2.08. The second-order valence-electron chi connectivity index (χ2n) is 5.77. The van der Waals surface area contributed by atoms with Crippen LogP contribution in [0, 0.1) is 18.7 Å². The number of hydrogen-bond donors (Lipinski definition) is 2. The predicted octanol–water partition coefficient (Wildman–Crippen LogP) is 2.92. The molecule has 0 aliphatic heterocycles. The average molecular weight is 316 g/mol. The Morgan fingerprint density at radius 1 is 1.26 bits per heavy atom. The molecule has 23 heavy (non-hydrogen) atoms. The van der Waals surface area contributed by atoms with Crippen molar-refractivity contribution >= 4 is 11.9 Å². The third-order valence-electron chi connectivity index (χ3n) is 3.15. The van der Waals surface area contributed by atoms with Crippen molar-refractivity contribution < 1.29 is 9.18 Å². The highest BCUT2D eigenvalue weighted by atomic mass is 19.1. The van der Waals surface area contributed by atoms with E-state index < -0.39 is 0 Å². The molecule has 2 rings (SSSR count). The Hall–Kier alpha value is -2.50. The molecule has 0 aliphatic carbocycles. The minimum absolute atomic E-state index is 0.238. The first kappa shape index (κ1) is 16.9. The van der Waals surface area contributed by atoms with Gasteiger partial charge in [0.1, 0.15) is 11.5 Å². The maximum Gasteiger partial charge on any atom is 0.270 e. The number of nitrogens with zero attached hydrogens (tertiary/aromatic N) is 2. The highest BCUT2D eigenvalue weighted by Gasteiger charge is 2.11. The second kappa shape index (κ2) is 7.67. The molecule has 2 aromatic rings. The zero-order valence-corrected chi connectivity index (χ0v) is 13.6. The van der Waals surface area contributed by atoms with E-state index in [0.29, 0.717) is 35.4 Å². The number of carbonyl (C=O) groups excluding carboxylic acids is 1. The van der Waals surface area contributed by atoms with E-state index in [-0.39, 0.29) is 18.3 Å².